The number of amides is 1. The van der Waals surface area contributed by atoms with Crippen LogP contribution in [0.2, 0.25) is 0 Å². The number of rotatable bonds is 9. The van der Waals surface area contributed by atoms with Gasteiger partial charge in [0, 0.05) is 25.6 Å². The van der Waals surface area contributed by atoms with Crippen LogP contribution in [0.3, 0.4) is 0 Å². The summed E-state index contributed by atoms with van der Waals surface area (Å²) in [4.78, 5) is 25.8. The number of Topliss-reactive ketones (excluding diaryl/α,β-unsaturated/α-hetero) is 1. The lowest BCUT2D eigenvalue weighted by atomic mass is 9.98. The van der Waals surface area contributed by atoms with Crippen LogP contribution in [0, 0.1) is 5.82 Å². The molecule has 0 saturated carbocycles. The third-order valence-corrected chi connectivity index (χ3v) is 5.27. The Kier molecular flexibility index (Phi) is 7.68. The molecule has 0 fully saturated rings. The fourth-order valence-corrected chi connectivity index (χ4v) is 3.46. The van der Waals surface area contributed by atoms with E-state index in [1.807, 2.05) is 48.5 Å². The molecule has 3 rings (SSSR count). The molecule has 2 N–H and O–H groups in total. The fraction of sp³-hybridized carbons (Fsp3) is 0.231. The number of carbonyl (C=O) groups is 2. The first-order chi connectivity index (χ1) is 15.0. The van der Waals surface area contributed by atoms with E-state index in [-0.39, 0.29) is 24.1 Å². The van der Waals surface area contributed by atoms with Gasteiger partial charge in [-0.3, -0.25) is 9.59 Å². The van der Waals surface area contributed by atoms with E-state index in [1.54, 1.807) is 24.1 Å². The molecule has 0 radical (unpaired) electrons. The molecule has 0 heterocycles. The number of benzene rings is 3. The van der Waals surface area contributed by atoms with Gasteiger partial charge >= 0.3 is 0 Å². The summed E-state index contributed by atoms with van der Waals surface area (Å²) in [6.07, 6.45) is 1.93. The minimum absolute atomic E-state index is 0.00438. The summed E-state index contributed by atoms with van der Waals surface area (Å²) < 4.78 is 13.0. The lowest BCUT2D eigenvalue weighted by molar-refractivity contribution is -0.128. The molecule has 0 unspecified atom stereocenters. The maximum absolute atomic E-state index is 13.0. The van der Waals surface area contributed by atoms with Gasteiger partial charge in [-0.2, -0.15) is 0 Å². The third kappa shape index (κ3) is 6.33. The molecule has 0 aromatic heterocycles. The summed E-state index contributed by atoms with van der Waals surface area (Å²) in [7, 11) is 1.73. The van der Waals surface area contributed by atoms with Crippen molar-refractivity contribution in [3.63, 3.8) is 0 Å². The van der Waals surface area contributed by atoms with Crippen LogP contribution >= 0.6 is 0 Å². The van der Waals surface area contributed by atoms with Crippen molar-refractivity contribution in [2.24, 2.45) is 5.73 Å². The van der Waals surface area contributed by atoms with Crippen LogP contribution in [0.4, 0.5) is 4.39 Å². The third-order valence-electron chi connectivity index (χ3n) is 5.27. The van der Waals surface area contributed by atoms with Gasteiger partial charge in [-0.1, -0.05) is 54.6 Å². The Hall–Kier alpha value is -3.31. The van der Waals surface area contributed by atoms with Gasteiger partial charge in [-0.15, -0.1) is 0 Å². The Morgan fingerprint density at radius 2 is 1.61 bits per heavy atom. The maximum Gasteiger partial charge on any atom is 0.236 e. The first-order valence-electron chi connectivity index (χ1n) is 10.4. The first-order valence-corrected chi connectivity index (χ1v) is 10.4. The van der Waals surface area contributed by atoms with Crippen LogP contribution in [-0.2, 0) is 17.8 Å². The lowest BCUT2D eigenvalue weighted by Crippen LogP contribution is -2.32. The van der Waals surface area contributed by atoms with E-state index in [0.717, 1.165) is 35.1 Å². The number of halogens is 1. The number of hydrogen-bond acceptors (Lipinski definition) is 3. The second kappa shape index (κ2) is 10.6. The van der Waals surface area contributed by atoms with Crippen molar-refractivity contribution in [3.05, 3.63) is 95.3 Å². The highest BCUT2D eigenvalue weighted by Gasteiger charge is 2.09. The average molecular weight is 419 g/mol. The van der Waals surface area contributed by atoms with Gasteiger partial charge in [0.25, 0.3) is 0 Å². The molecule has 0 saturated heterocycles. The summed E-state index contributed by atoms with van der Waals surface area (Å²) in [5.41, 5.74) is 10.2. The highest BCUT2D eigenvalue weighted by atomic mass is 19.1. The van der Waals surface area contributed by atoms with E-state index in [0.29, 0.717) is 18.5 Å². The van der Waals surface area contributed by atoms with Crippen LogP contribution in [0.25, 0.3) is 11.1 Å². The molecule has 160 valence electrons. The van der Waals surface area contributed by atoms with E-state index >= 15 is 0 Å². The monoisotopic (exact) mass is 418 g/mol. The van der Waals surface area contributed by atoms with Crippen LogP contribution in [-0.4, -0.2) is 30.2 Å². The first kappa shape index (κ1) is 22.4. The molecule has 31 heavy (non-hydrogen) atoms. The Morgan fingerprint density at radius 1 is 0.903 bits per heavy atom. The largest absolute Gasteiger partial charge is 0.340 e. The van der Waals surface area contributed by atoms with Crippen molar-refractivity contribution in [1.29, 1.82) is 0 Å². The molecule has 0 aliphatic carbocycles. The average Bonchev–Trinajstić information content (AvgIpc) is 2.80. The van der Waals surface area contributed by atoms with Gasteiger partial charge in [0.15, 0.2) is 5.78 Å². The van der Waals surface area contributed by atoms with Crippen molar-refractivity contribution in [1.82, 2.24) is 4.90 Å². The smallest absolute Gasteiger partial charge is 0.236 e. The van der Waals surface area contributed by atoms with Crippen molar-refractivity contribution in [2.75, 3.05) is 13.6 Å². The summed E-state index contributed by atoms with van der Waals surface area (Å²) in [6.45, 7) is 0.490. The van der Waals surface area contributed by atoms with E-state index in [9.17, 15) is 14.0 Å². The highest BCUT2D eigenvalue weighted by molar-refractivity contribution is 5.96. The number of nitrogens with zero attached hydrogens (tertiary/aromatic N) is 1. The molecule has 0 aliphatic rings. The zero-order chi connectivity index (χ0) is 22.2. The number of likely N-dealkylation sites (N-methyl/N-ethyl adjacent to an activating group) is 1. The van der Waals surface area contributed by atoms with E-state index in [4.69, 9.17) is 5.73 Å². The molecule has 5 heteroatoms. The SMILES string of the molecule is CN(Cc1cccc(-c2ccc(C(=O)CCCc3ccc(F)cc3)cc2)c1)C(=O)CN. The predicted molar refractivity (Wildman–Crippen MR) is 121 cm³/mol. The van der Waals surface area contributed by atoms with Gasteiger partial charge in [0.1, 0.15) is 5.82 Å². The standard InChI is InChI=1S/C26H27FN2O2/c1-29(26(31)17-28)18-20-5-2-6-23(16-20)21-10-12-22(13-11-21)25(30)7-3-4-19-8-14-24(27)15-9-19/h2,5-6,8-16H,3-4,7,17-18,28H2,1H3. The van der Waals surface area contributed by atoms with Gasteiger partial charge in [-0.25, -0.2) is 4.39 Å². The molecular weight excluding hydrogens is 391 g/mol. The quantitative estimate of drug-likeness (QED) is 0.516. The normalized spacial score (nSPS) is 10.7. The Balaban J connectivity index is 1.59. The van der Waals surface area contributed by atoms with Crippen molar-refractivity contribution < 1.29 is 14.0 Å². The molecule has 3 aromatic rings. The summed E-state index contributed by atoms with van der Waals surface area (Å²) in [5.74, 6) is -0.251. The topological polar surface area (TPSA) is 63.4 Å². The van der Waals surface area contributed by atoms with Gasteiger partial charge in [0.05, 0.1) is 6.54 Å². The minimum Gasteiger partial charge on any atom is -0.340 e. The number of hydrogen-bond donors (Lipinski definition) is 1. The van der Waals surface area contributed by atoms with Gasteiger partial charge in [-0.05, 0) is 53.3 Å². The van der Waals surface area contributed by atoms with Crippen LogP contribution in [0.15, 0.2) is 72.8 Å². The Morgan fingerprint density at radius 3 is 2.29 bits per heavy atom. The summed E-state index contributed by atoms with van der Waals surface area (Å²) in [6, 6.07) is 22.0. The van der Waals surface area contributed by atoms with Crippen molar-refractivity contribution in [3.8, 4) is 11.1 Å². The van der Waals surface area contributed by atoms with Crippen molar-refractivity contribution >= 4 is 11.7 Å². The van der Waals surface area contributed by atoms with Crippen LogP contribution < -0.4 is 5.73 Å². The second-order valence-electron chi connectivity index (χ2n) is 7.63. The van der Waals surface area contributed by atoms with Gasteiger partial charge in [0.2, 0.25) is 5.91 Å². The zero-order valence-electron chi connectivity index (χ0n) is 17.7. The molecule has 4 nitrogen and oxygen atoms in total. The molecule has 0 bridgehead atoms. The highest BCUT2D eigenvalue weighted by Crippen LogP contribution is 2.22. The number of aryl methyl sites for hydroxylation is 1. The minimum atomic E-state index is -0.249. The maximum atomic E-state index is 13.0. The molecule has 0 spiro atoms. The number of ketones is 1. The van der Waals surface area contributed by atoms with Crippen molar-refractivity contribution in [2.45, 2.75) is 25.8 Å². The number of carbonyl (C=O) groups excluding carboxylic acids is 2. The molecular formula is C26H27FN2O2. The van der Waals surface area contributed by atoms with E-state index in [2.05, 4.69) is 0 Å². The van der Waals surface area contributed by atoms with E-state index in [1.165, 1.54) is 12.1 Å². The van der Waals surface area contributed by atoms with Gasteiger partial charge < -0.3 is 10.6 Å². The van der Waals surface area contributed by atoms with E-state index < -0.39 is 0 Å². The molecule has 1 amide bonds. The molecule has 3 aromatic carbocycles. The Bertz CT molecular complexity index is 1030. The molecule has 0 aliphatic heterocycles. The zero-order valence-corrected chi connectivity index (χ0v) is 17.7. The molecule has 0 atom stereocenters. The summed E-state index contributed by atoms with van der Waals surface area (Å²) >= 11 is 0. The van der Waals surface area contributed by atoms with Crippen LogP contribution in [0.5, 0.6) is 0 Å². The predicted octanol–water partition coefficient (Wildman–Crippen LogP) is 4.62. The fourth-order valence-electron chi connectivity index (χ4n) is 3.46. The summed E-state index contributed by atoms with van der Waals surface area (Å²) in [5, 5.41) is 0. The van der Waals surface area contributed by atoms with Crippen LogP contribution in [0.1, 0.15) is 34.3 Å². The Labute approximate surface area is 182 Å². The lowest BCUT2D eigenvalue weighted by Gasteiger charge is -2.16. The second-order valence-corrected chi connectivity index (χ2v) is 7.63. The number of nitrogens with two attached hydrogens (primary N) is 1.